The first-order chi connectivity index (χ1) is 13.4. The number of para-hydroxylation sites is 1. The third-order valence-corrected chi connectivity index (χ3v) is 6.63. The molecule has 1 fully saturated rings. The number of carbonyl (C=O) groups is 1. The molecule has 3 heterocycles. The molecule has 4 rings (SSSR count). The molecule has 2 aromatic heterocycles. The molecule has 1 aliphatic heterocycles. The zero-order valence-electron chi connectivity index (χ0n) is 14.6. The summed E-state index contributed by atoms with van der Waals surface area (Å²) >= 11 is 0. The van der Waals surface area contributed by atoms with Gasteiger partial charge in [0.15, 0.2) is 5.69 Å². The first kappa shape index (κ1) is 18.4. The molecule has 146 valence electrons. The first-order valence-corrected chi connectivity index (χ1v) is 10.00. The molecule has 2 N–H and O–H groups in total. The summed E-state index contributed by atoms with van der Waals surface area (Å²) in [7, 11) is -4.00. The summed E-state index contributed by atoms with van der Waals surface area (Å²) in [5, 5.41) is 8.08. The van der Waals surface area contributed by atoms with E-state index in [0.717, 1.165) is 4.31 Å². The van der Waals surface area contributed by atoms with E-state index in [1.54, 1.807) is 24.3 Å². The molecule has 0 saturated carbocycles. The van der Waals surface area contributed by atoms with Gasteiger partial charge in [0.1, 0.15) is 11.1 Å². The number of benzene rings is 1. The molecule has 0 bridgehead atoms. The molecule has 0 aliphatic carbocycles. The van der Waals surface area contributed by atoms with E-state index in [-0.39, 0.29) is 30.1 Å². The first-order valence-electron chi connectivity index (χ1n) is 8.56. The van der Waals surface area contributed by atoms with Gasteiger partial charge in [0.05, 0.1) is 18.3 Å². The molecule has 1 saturated heterocycles. The quantitative estimate of drug-likeness (QED) is 0.668. The van der Waals surface area contributed by atoms with Gasteiger partial charge in [-0.15, -0.1) is 5.10 Å². The van der Waals surface area contributed by atoms with Crippen LogP contribution in [-0.2, 0) is 16.6 Å². The Morgan fingerprint density at radius 3 is 2.82 bits per heavy atom. The minimum atomic E-state index is -4.00. The second kappa shape index (κ2) is 6.91. The van der Waals surface area contributed by atoms with Crippen LogP contribution in [0.15, 0.2) is 47.6 Å². The predicted octanol–water partition coefficient (Wildman–Crippen LogP) is 0.726. The van der Waals surface area contributed by atoms with Gasteiger partial charge >= 0.3 is 0 Å². The van der Waals surface area contributed by atoms with E-state index in [0.29, 0.717) is 10.9 Å². The molecule has 11 heteroatoms. The predicted molar refractivity (Wildman–Crippen MR) is 97.5 cm³/mol. The number of nitrogens with zero attached hydrogens (tertiary/aromatic N) is 5. The van der Waals surface area contributed by atoms with Crippen LogP contribution >= 0.6 is 0 Å². The maximum Gasteiger partial charge on any atom is 0.270 e. The topological polar surface area (TPSA) is 124 Å². The highest BCUT2D eigenvalue weighted by Crippen LogP contribution is 2.31. The molecule has 1 amide bonds. The molecule has 1 aromatic carbocycles. The third-order valence-electron chi connectivity index (χ3n) is 4.68. The van der Waals surface area contributed by atoms with Crippen molar-refractivity contribution in [2.45, 2.75) is 30.1 Å². The van der Waals surface area contributed by atoms with Crippen LogP contribution in [0, 0.1) is 0 Å². The fourth-order valence-electron chi connectivity index (χ4n) is 3.42. The molecule has 1 aliphatic rings. The lowest BCUT2D eigenvalue weighted by Crippen LogP contribution is -2.38. The second-order valence-electron chi connectivity index (χ2n) is 6.58. The fourth-order valence-corrected chi connectivity index (χ4v) is 5.24. The minimum absolute atomic E-state index is 0.0171. The molecule has 28 heavy (non-hydrogen) atoms. The van der Waals surface area contributed by atoms with Gasteiger partial charge in [-0.2, -0.15) is 4.31 Å². The van der Waals surface area contributed by atoms with E-state index in [4.69, 9.17) is 5.73 Å². The summed E-state index contributed by atoms with van der Waals surface area (Å²) < 4.78 is 43.2. The lowest BCUT2D eigenvalue weighted by molar-refractivity contribution is 0.0995. The van der Waals surface area contributed by atoms with Crippen LogP contribution in [0.2, 0.25) is 0 Å². The van der Waals surface area contributed by atoms with Crippen LogP contribution in [-0.4, -0.2) is 57.4 Å². The summed E-state index contributed by atoms with van der Waals surface area (Å²) in [4.78, 5) is 15.4. The van der Waals surface area contributed by atoms with Crippen molar-refractivity contribution in [2.75, 3.05) is 6.54 Å². The summed E-state index contributed by atoms with van der Waals surface area (Å²) in [6.07, 6.45) is 1.55. The zero-order chi connectivity index (χ0) is 19.9. The lowest BCUT2D eigenvalue weighted by atomic mass is 10.2. The van der Waals surface area contributed by atoms with Gasteiger partial charge in [0.2, 0.25) is 10.0 Å². The van der Waals surface area contributed by atoms with Crippen molar-refractivity contribution >= 4 is 26.8 Å². The molecular formula is C17H17FN6O3S. The van der Waals surface area contributed by atoms with E-state index >= 15 is 0 Å². The normalized spacial score (nSPS) is 20.6. The Morgan fingerprint density at radius 2 is 2.07 bits per heavy atom. The van der Waals surface area contributed by atoms with Gasteiger partial charge in [-0.1, -0.05) is 23.4 Å². The maximum absolute atomic E-state index is 14.2. The number of rotatable bonds is 5. The number of aromatic nitrogens is 4. The Balaban J connectivity index is 1.69. The van der Waals surface area contributed by atoms with Crippen molar-refractivity contribution in [1.29, 1.82) is 0 Å². The number of pyridine rings is 1. The van der Waals surface area contributed by atoms with Crippen LogP contribution in [0.3, 0.4) is 0 Å². The van der Waals surface area contributed by atoms with Crippen molar-refractivity contribution in [3.05, 3.63) is 48.4 Å². The summed E-state index contributed by atoms with van der Waals surface area (Å²) in [5.74, 6) is -0.743. The number of primary amides is 1. The number of hydrogen-bond donors (Lipinski definition) is 1. The van der Waals surface area contributed by atoms with Crippen molar-refractivity contribution in [2.24, 2.45) is 5.73 Å². The van der Waals surface area contributed by atoms with Gasteiger partial charge in [0.25, 0.3) is 5.91 Å². The number of nitrogens with two attached hydrogens (primary N) is 1. The molecule has 0 spiro atoms. The smallest absolute Gasteiger partial charge is 0.270 e. The Morgan fingerprint density at radius 1 is 1.29 bits per heavy atom. The van der Waals surface area contributed by atoms with Crippen LogP contribution in [0.4, 0.5) is 4.39 Å². The second-order valence-corrected chi connectivity index (χ2v) is 8.44. The highest BCUT2D eigenvalue weighted by Gasteiger charge is 2.41. The largest absolute Gasteiger partial charge is 0.364 e. The number of sulfonamides is 1. The zero-order valence-corrected chi connectivity index (χ0v) is 15.5. The lowest BCUT2D eigenvalue weighted by Gasteiger charge is -2.24. The molecule has 3 aromatic rings. The van der Waals surface area contributed by atoms with Gasteiger partial charge in [-0.3, -0.25) is 14.5 Å². The third kappa shape index (κ3) is 3.22. The van der Waals surface area contributed by atoms with Crippen molar-refractivity contribution in [3.63, 3.8) is 0 Å². The number of amides is 1. The molecule has 2 atom stereocenters. The average molecular weight is 404 g/mol. The van der Waals surface area contributed by atoms with Crippen LogP contribution in [0.5, 0.6) is 0 Å². The summed E-state index contributed by atoms with van der Waals surface area (Å²) in [5.41, 5.74) is 5.45. The van der Waals surface area contributed by atoms with Gasteiger partial charge in [-0.25, -0.2) is 12.8 Å². The summed E-state index contributed by atoms with van der Waals surface area (Å²) in [6, 6.07) is 7.67. The van der Waals surface area contributed by atoms with E-state index in [1.807, 2.05) is 0 Å². The molecule has 9 nitrogen and oxygen atoms in total. The molecule has 0 radical (unpaired) electrons. The Kier molecular flexibility index (Phi) is 4.55. The number of halogens is 1. The minimum Gasteiger partial charge on any atom is -0.364 e. The van der Waals surface area contributed by atoms with E-state index < -0.39 is 28.1 Å². The van der Waals surface area contributed by atoms with E-state index in [1.165, 1.54) is 23.1 Å². The fraction of sp³-hybridized carbons (Fsp3) is 0.294. The van der Waals surface area contributed by atoms with Crippen LogP contribution in [0.25, 0.3) is 10.9 Å². The average Bonchev–Trinajstić information content (AvgIpc) is 3.28. The van der Waals surface area contributed by atoms with Crippen molar-refractivity contribution in [1.82, 2.24) is 24.3 Å². The van der Waals surface area contributed by atoms with Gasteiger partial charge in [-0.05, 0) is 18.6 Å². The Bertz CT molecular complexity index is 1140. The highest BCUT2D eigenvalue weighted by atomic mass is 32.2. The number of carbonyl (C=O) groups excluding carboxylic acids is 1. The van der Waals surface area contributed by atoms with E-state index in [9.17, 15) is 17.6 Å². The molecular weight excluding hydrogens is 387 g/mol. The molecule has 0 unspecified atom stereocenters. The summed E-state index contributed by atoms with van der Waals surface area (Å²) in [6.45, 7) is -0.203. The Labute approximate surface area is 160 Å². The monoisotopic (exact) mass is 404 g/mol. The number of hydrogen-bond acceptors (Lipinski definition) is 6. The Hall–Kier alpha value is -2.92. The standard InChI is InChI=1S/C17H17FN6O3S/c18-12-7-13(9-23-10-14(17(19)25)21-22-23)24(8-12)28(26,27)15-5-1-3-11-4-2-6-20-16(11)15/h1-6,10,12-13H,7-9H2,(H2,19,25)/t12-,13-/m0/s1. The number of alkyl halides is 1. The highest BCUT2D eigenvalue weighted by molar-refractivity contribution is 7.89. The van der Waals surface area contributed by atoms with Crippen molar-refractivity contribution < 1.29 is 17.6 Å². The van der Waals surface area contributed by atoms with E-state index in [2.05, 4.69) is 15.3 Å². The van der Waals surface area contributed by atoms with Gasteiger partial charge in [0, 0.05) is 24.2 Å². The van der Waals surface area contributed by atoms with Gasteiger partial charge < -0.3 is 5.73 Å². The maximum atomic E-state index is 14.2. The number of fused-ring (bicyclic) bond motifs is 1. The van der Waals surface area contributed by atoms with Crippen molar-refractivity contribution in [3.8, 4) is 0 Å². The van der Waals surface area contributed by atoms with Crippen LogP contribution in [0.1, 0.15) is 16.9 Å². The van der Waals surface area contributed by atoms with Crippen LogP contribution < -0.4 is 5.73 Å². The SMILES string of the molecule is NC(=O)c1cn(C[C@@H]2C[C@H](F)CN2S(=O)(=O)c2cccc3cccnc23)nn1.